The Morgan fingerprint density at radius 1 is 0.792 bits per heavy atom. The molecule has 0 aliphatic carbocycles. The number of nitrogens with zero attached hydrogens (tertiary/aromatic N) is 3. The predicted octanol–water partition coefficient (Wildman–Crippen LogP) is 3.71. The lowest BCUT2D eigenvalue weighted by Crippen LogP contribution is -3.00. The number of piperidine rings is 1. The average molecular weight is 805 g/mol. The molecule has 3 amide bonds. The zero-order valence-corrected chi connectivity index (χ0v) is 33.5. The minimum absolute atomic E-state index is 0. The second-order valence-corrected chi connectivity index (χ2v) is 16.2. The molecule has 3 heterocycles. The van der Waals surface area contributed by atoms with Gasteiger partial charge in [-0.1, -0.05) is 71.2 Å². The lowest BCUT2D eigenvalue weighted by atomic mass is 9.67. The predicted molar refractivity (Wildman–Crippen MR) is 207 cm³/mol. The molecule has 0 radical (unpaired) electrons. The molecule has 4 atom stereocenters. The maximum absolute atomic E-state index is 14.7. The fourth-order valence-electron chi connectivity index (χ4n) is 8.93. The first kappa shape index (κ1) is 41.3. The van der Waals surface area contributed by atoms with Crippen LogP contribution in [0, 0.1) is 5.92 Å². The van der Waals surface area contributed by atoms with E-state index >= 15 is 0 Å². The van der Waals surface area contributed by atoms with Gasteiger partial charge >= 0.3 is 0 Å². The van der Waals surface area contributed by atoms with Gasteiger partial charge in [-0.25, -0.2) is 0 Å². The summed E-state index contributed by atoms with van der Waals surface area (Å²) in [5.41, 5.74) is 1.45. The van der Waals surface area contributed by atoms with E-state index < -0.39 is 23.6 Å². The highest BCUT2D eigenvalue weighted by atomic mass is 35.5. The summed E-state index contributed by atoms with van der Waals surface area (Å²) in [5, 5.41) is 15.8. The molecule has 3 fully saturated rings. The highest BCUT2D eigenvalue weighted by Crippen LogP contribution is 2.44. The lowest BCUT2D eigenvalue weighted by molar-refractivity contribution is -0.932. The fraction of sp³-hybridized carbons (Fsp3) is 0.488. The van der Waals surface area contributed by atoms with Crippen LogP contribution in [0.2, 0.25) is 15.1 Å². The van der Waals surface area contributed by atoms with Crippen LogP contribution in [0.15, 0.2) is 72.8 Å². The molecule has 3 saturated heterocycles. The molecule has 3 aliphatic rings. The number of hydrogen-bond donors (Lipinski definition) is 2. The summed E-state index contributed by atoms with van der Waals surface area (Å²) in [7, 11) is 0. The lowest BCUT2D eigenvalue weighted by Gasteiger charge is -2.43. The van der Waals surface area contributed by atoms with Crippen LogP contribution in [-0.2, 0) is 19.8 Å². The third-order valence-corrected chi connectivity index (χ3v) is 12.7. The van der Waals surface area contributed by atoms with Gasteiger partial charge in [0.05, 0.1) is 37.7 Å². The Bertz CT molecular complexity index is 1610. The zero-order chi connectivity index (χ0) is 37.0. The van der Waals surface area contributed by atoms with Gasteiger partial charge in [-0.05, 0) is 92.6 Å². The third kappa shape index (κ3) is 8.84. The number of aliphatic hydroxyl groups excluding tert-OH is 1. The van der Waals surface area contributed by atoms with Crippen molar-refractivity contribution < 1.29 is 36.4 Å². The fourth-order valence-corrected chi connectivity index (χ4v) is 9.31. The SMILES string of the molecule is CC[N+]1(CC)CCC[C@H](CNC(=O)[C@H]2CCCN2C(=O)[C@@H]2C[C@@H](O)CN2C(=O)CC(c2ccc(Cl)cc2)(c2ccc(Cl)cc2)c2ccc(Cl)cc2)C1.[Cl-]. The smallest absolute Gasteiger partial charge is 0.246 e. The van der Waals surface area contributed by atoms with Crippen molar-refractivity contribution >= 4 is 52.5 Å². The van der Waals surface area contributed by atoms with Crippen LogP contribution in [0.4, 0.5) is 0 Å². The molecule has 0 bridgehead atoms. The number of halogens is 4. The summed E-state index contributed by atoms with van der Waals surface area (Å²) in [6.45, 7) is 9.97. The molecule has 53 heavy (non-hydrogen) atoms. The largest absolute Gasteiger partial charge is 1.00 e. The van der Waals surface area contributed by atoms with Crippen molar-refractivity contribution in [3.05, 3.63) is 105 Å². The van der Waals surface area contributed by atoms with E-state index in [4.69, 9.17) is 34.8 Å². The summed E-state index contributed by atoms with van der Waals surface area (Å²) in [6, 6.07) is 20.7. The van der Waals surface area contributed by atoms with E-state index in [0.29, 0.717) is 46.9 Å². The molecule has 3 aromatic rings. The number of carbonyl (C=O) groups excluding carboxylic acids is 3. The molecule has 0 spiro atoms. The zero-order valence-electron chi connectivity index (χ0n) is 30.5. The molecular formula is C41H50Cl4N4O4. The van der Waals surface area contributed by atoms with Gasteiger partial charge in [-0.3, -0.25) is 14.4 Å². The van der Waals surface area contributed by atoms with Gasteiger partial charge in [0, 0.05) is 53.5 Å². The van der Waals surface area contributed by atoms with E-state index in [-0.39, 0.29) is 49.5 Å². The number of aliphatic hydroxyl groups is 1. The summed E-state index contributed by atoms with van der Waals surface area (Å²) in [6.07, 6.45) is 2.71. The molecule has 0 unspecified atom stereocenters. The van der Waals surface area contributed by atoms with E-state index in [0.717, 1.165) is 53.6 Å². The Morgan fingerprint density at radius 3 is 1.83 bits per heavy atom. The highest BCUT2D eigenvalue weighted by molar-refractivity contribution is 6.31. The minimum atomic E-state index is -1.01. The van der Waals surface area contributed by atoms with Gasteiger partial charge in [0.15, 0.2) is 0 Å². The second-order valence-electron chi connectivity index (χ2n) is 14.9. The van der Waals surface area contributed by atoms with Crippen LogP contribution in [0.25, 0.3) is 0 Å². The molecule has 3 aliphatic heterocycles. The van der Waals surface area contributed by atoms with Crippen molar-refractivity contribution in [2.45, 2.75) is 76.0 Å². The first-order chi connectivity index (χ1) is 25.0. The molecule has 286 valence electrons. The van der Waals surface area contributed by atoms with Gasteiger partial charge in [0.1, 0.15) is 12.1 Å². The number of benzene rings is 3. The maximum atomic E-state index is 14.7. The molecule has 6 rings (SSSR count). The number of carbonyl (C=O) groups is 3. The summed E-state index contributed by atoms with van der Waals surface area (Å²) in [4.78, 5) is 45.9. The summed E-state index contributed by atoms with van der Waals surface area (Å²) in [5.74, 6) is -0.307. The molecule has 3 aromatic carbocycles. The summed E-state index contributed by atoms with van der Waals surface area (Å²) < 4.78 is 1.08. The maximum Gasteiger partial charge on any atom is 0.246 e. The van der Waals surface area contributed by atoms with Crippen molar-refractivity contribution in [1.82, 2.24) is 15.1 Å². The van der Waals surface area contributed by atoms with Gasteiger partial charge in [0.2, 0.25) is 17.7 Å². The van der Waals surface area contributed by atoms with Gasteiger partial charge in [0.25, 0.3) is 0 Å². The second kappa shape index (κ2) is 17.7. The van der Waals surface area contributed by atoms with Crippen molar-refractivity contribution in [1.29, 1.82) is 0 Å². The Morgan fingerprint density at radius 2 is 1.32 bits per heavy atom. The van der Waals surface area contributed by atoms with Gasteiger partial charge < -0.3 is 37.1 Å². The van der Waals surface area contributed by atoms with E-state index in [2.05, 4.69) is 19.2 Å². The van der Waals surface area contributed by atoms with E-state index in [1.54, 1.807) is 41.3 Å². The number of amides is 3. The minimum Gasteiger partial charge on any atom is -1.00 e. The Labute approximate surface area is 334 Å². The number of β-amino-alcohol motifs (C(OH)–C–C–N with tert-alkyl or cyclic N) is 1. The van der Waals surface area contributed by atoms with Crippen molar-refractivity contribution in [2.75, 3.05) is 45.8 Å². The number of rotatable bonds is 11. The molecule has 0 aromatic heterocycles. The standard InChI is InChI=1S/C41H49Cl3N4O4.ClH/c1-3-48(4-2)22-6-7-28(27-48)25-45-39(51)36-8-5-21-46(36)40(52)37-23-35(49)26-47(37)38(50)24-41(29-9-15-32(42)16-10-29,30-11-17-33(43)18-12-30)31-13-19-34(44)20-14-31;/h9-20,28,35-37,49H,3-8,21-27H2,1-2H3;1H/t28-,35-,36-,37+;/m1./s1. The van der Waals surface area contributed by atoms with Crippen molar-refractivity contribution in [3.63, 3.8) is 0 Å². The van der Waals surface area contributed by atoms with Crippen LogP contribution >= 0.6 is 34.8 Å². The van der Waals surface area contributed by atoms with Gasteiger partial charge in [-0.2, -0.15) is 0 Å². The van der Waals surface area contributed by atoms with Crippen LogP contribution in [0.1, 0.15) is 69.1 Å². The van der Waals surface area contributed by atoms with E-state index in [1.807, 2.05) is 36.4 Å². The highest BCUT2D eigenvalue weighted by Gasteiger charge is 2.47. The normalized spacial score (nSPS) is 22.7. The van der Waals surface area contributed by atoms with E-state index in [9.17, 15) is 19.5 Å². The van der Waals surface area contributed by atoms with Crippen molar-refractivity contribution in [2.24, 2.45) is 5.92 Å². The Kier molecular flexibility index (Phi) is 13.8. The first-order valence-electron chi connectivity index (χ1n) is 18.7. The molecule has 0 saturated carbocycles. The first-order valence-corrected chi connectivity index (χ1v) is 19.8. The Balaban J connectivity index is 0.00000541. The molecule has 12 heteroatoms. The van der Waals surface area contributed by atoms with Crippen molar-refractivity contribution in [3.8, 4) is 0 Å². The number of likely N-dealkylation sites (tertiary alicyclic amines) is 3. The van der Waals surface area contributed by atoms with Crippen LogP contribution in [-0.4, -0.2) is 101 Å². The van der Waals surface area contributed by atoms with Gasteiger partial charge in [-0.15, -0.1) is 0 Å². The number of hydrogen-bond acceptors (Lipinski definition) is 4. The number of quaternary nitrogens is 1. The molecular weight excluding hydrogens is 754 g/mol. The molecule has 8 nitrogen and oxygen atoms in total. The topological polar surface area (TPSA) is 89.9 Å². The molecule has 2 N–H and O–H groups in total. The van der Waals surface area contributed by atoms with Crippen LogP contribution < -0.4 is 17.7 Å². The van der Waals surface area contributed by atoms with Crippen LogP contribution in [0.3, 0.4) is 0 Å². The Hall–Kier alpha value is -2.85. The van der Waals surface area contributed by atoms with E-state index in [1.165, 1.54) is 11.4 Å². The van der Waals surface area contributed by atoms with Crippen LogP contribution in [0.5, 0.6) is 0 Å². The monoisotopic (exact) mass is 802 g/mol. The summed E-state index contributed by atoms with van der Waals surface area (Å²) >= 11 is 19.0. The quantitative estimate of drug-likeness (QED) is 0.229. The number of nitrogens with one attached hydrogen (secondary N) is 1. The third-order valence-electron chi connectivity index (χ3n) is 11.9. The average Bonchev–Trinajstić information content (AvgIpc) is 3.81.